The molecule has 4 heteroatoms. The van der Waals surface area contributed by atoms with Gasteiger partial charge < -0.3 is 10.6 Å². The first-order chi connectivity index (χ1) is 4.30. The fourth-order valence-corrected chi connectivity index (χ4v) is 0.584. The second kappa shape index (κ2) is 2.50. The summed E-state index contributed by atoms with van der Waals surface area (Å²) in [5.41, 5.74) is 7.51. The van der Waals surface area contributed by atoms with Gasteiger partial charge in [-0.3, -0.25) is 4.79 Å². The SMILES string of the molecule is NC(=O)C1C=CONC1. The Morgan fingerprint density at radius 2 is 2.67 bits per heavy atom. The Morgan fingerprint density at radius 1 is 1.89 bits per heavy atom. The summed E-state index contributed by atoms with van der Waals surface area (Å²) in [4.78, 5) is 15.0. The Balaban J connectivity index is 2.50. The van der Waals surface area contributed by atoms with Crippen LogP contribution in [0.15, 0.2) is 12.3 Å². The average molecular weight is 128 g/mol. The van der Waals surface area contributed by atoms with E-state index in [0.717, 1.165) is 0 Å². The minimum absolute atomic E-state index is 0.223. The predicted octanol–water partition coefficient (Wildman–Crippen LogP) is -0.864. The fraction of sp³-hybridized carbons (Fsp3) is 0.400. The first kappa shape index (κ1) is 6.10. The van der Waals surface area contributed by atoms with Gasteiger partial charge in [-0.25, -0.2) is 0 Å². The molecule has 0 aromatic carbocycles. The van der Waals surface area contributed by atoms with Gasteiger partial charge in [0.05, 0.1) is 5.92 Å². The number of primary amides is 1. The van der Waals surface area contributed by atoms with E-state index in [-0.39, 0.29) is 11.8 Å². The van der Waals surface area contributed by atoms with Crippen LogP contribution in [-0.4, -0.2) is 12.5 Å². The lowest BCUT2D eigenvalue weighted by Gasteiger charge is -2.13. The van der Waals surface area contributed by atoms with Crippen LogP contribution in [0.1, 0.15) is 0 Å². The van der Waals surface area contributed by atoms with Gasteiger partial charge in [-0.2, -0.15) is 5.48 Å². The van der Waals surface area contributed by atoms with Gasteiger partial charge in [0.2, 0.25) is 5.91 Å². The number of hydroxylamine groups is 1. The molecule has 1 rings (SSSR count). The first-order valence-corrected chi connectivity index (χ1v) is 2.65. The van der Waals surface area contributed by atoms with Crippen molar-refractivity contribution in [3.05, 3.63) is 12.3 Å². The number of nitrogens with one attached hydrogen (secondary N) is 1. The smallest absolute Gasteiger partial charge is 0.225 e. The van der Waals surface area contributed by atoms with Crippen LogP contribution in [0.5, 0.6) is 0 Å². The summed E-state index contributed by atoms with van der Waals surface area (Å²) in [6.07, 6.45) is 3.04. The van der Waals surface area contributed by atoms with E-state index < -0.39 is 0 Å². The van der Waals surface area contributed by atoms with Crippen molar-refractivity contribution in [3.8, 4) is 0 Å². The van der Waals surface area contributed by atoms with Crippen LogP contribution in [0, 0.1) is 5.92 Å². The van der Waals surface area contributed by atoms with Gasteiger partial charge in [-0.05, 0) is 6.08 Å². The van der Waals surface area contributed by atoms with Gasteiger partial charge >= 0.3 is 0 Å². The molecule has 1 aliphatic heterocycles. The number of nitrogens with two attached hydrogens (primary N) is 1. The van der Waals surface area contributed by atoms with E-state index in [1.807, 2.05) is 0 Å². The standard InChI is InChI=1S/C5H8N2O2/c6-5(8)4-1-2-9-7-3-4/h1-2,4,7H,3H2,(H2,6,8). The van der Waals surface area contributed by atoms with E-state index >= 15 is 0 Å². The third-order valence-corrected chi connectivity index (χ3v) is 1.13. The molecule has 0 bridgehead atoms. The van der Waals surface area contributed by atoms with Crippen LogP contribution in [0.3, 0.4) is 0 Å². The van der Waals surface area contributed by atoms with E-state index in [0.29, 0.717) is 6.54 Å². The maximum absolute atomic E-state index is 10.4. The summed E-state index contributed by atoms with van der Waals surface area (Å²) in [7, 11) is 0. The molecule has 1 aliphatic rings. The summed E-state index contributed by atoms with van der Waals surface area (Å²) < 4.78 is 0. The Bertz CT molecular complexity index is 144. The zero-order valence-corrected chi connectivity index (χ0v) is 4.83. The van der Waals surface area contributed by atoms with Gasteiger partial charge in [-0.15, -0.1) is 0 Å². The van der Waals surface area contributed by atoms with Crippen LogP contribution < -0.4 is 11.2 Å². The van der Waals surface area contributed by atoms with Crippen molar-refractivity contribution in [1.82, 2.24) is 5.48 Å². The third kappa shape index (κ3) is 1.43. The highest BCUT2D eigenvalue weighted by Gasteiger charge is 2.13. The van der Waals surface area contributed by atoms with Crippen LogP contribution in [0.2, 0.25) is 0 Å². The summed E-state index contributed by atoms with van der Waals surface area (Å²) in [6.45, 7) is 0.464. The maximum Gasteiger partial charge on any atom is 0.225 e. The summed E-state index contributed by atoms with van der Waals surface area (Å²) in [6, 6.07) is 0. The van der Waals surface area contributed by atoms with Gasteiger partial charge in [-0.1, -0.05) is 0 Å². The quantitative estimate of drug-likeness (QED) is 0.482. The molecule has 0 saturated heterocycles. The van der Waals surface area contributed by atoms with E-state index in [2.05, 4.69) is 10.3 Å². The lowest BCUT2D eigenvalue weighted by atomic mass is 10.1. The third-order valence-electron chi connectivity index (χ3n) is 1.13. The second-order valence-electron chi connectivity index (χ2n) is 1.80. The number of hydrogen-bond donors (Lipinski definition) is 2. The van der Waals surface area contributed by atoms with Gasteiger partial charge in [0.25, 0.3) is 0 Å². The van der Waals surface area contributed by atoms with Crippen molar-refractivity contribution < 1.29 is 9.63 Å². The van der Waals surface area contributed by atoms with Crippen molar-refractivity contribution in [3.63, 3.8) is 0 Å². The van der Waals surface area contributed by atoms with Crippen LogP contribution in [0.25, 0.3) is 0 Å². The molecular formula is C5H8N2O2. The molecule has 1 unspecified atom stereocenters. The highest BCUT2D eigenvalue weighted by atomic mass is 16.6. The Kier molecular flexibility index (Phi) is 1.69. The molecule has 50 valence electrons. The maximum atomic E-state index is 10.4. The average Bonchev–Trinajstić information content (AvgIpc) is 1.90. The molecular weight excluding hydrogens is 120 g/mol. The minimum atomic E-state index is -0.331. The number of carbonyl (C=O) groups is 1. The molecule has 0 radical (unpaired) electrons. The van der Waals surface area contributed by atoms with Crippen molar-refractivity contribution >= 4 is 5.91 Å². The predicted molar refractivity (Wildman–Crippen MR) is 30.9 cm³/mol. The summed E-state index contributed by atoms with van der Waals surface area (Å²) in [5.74, 6) is -0.555. The van der Waals surface area contributed by atoms with E-state index in [4.69, 9.17) is 5.73 Å². The van der Waals surface area contributed by atoms with E-state index in [9.17, 15) is 4.79 Å². The Hall–Kier alpha value is -1.03. The zero-order valence-electron chi connectivity index (χ0n) is 4.83. The summed E-state index contributed by atoms with van der Waals surface area (Å²) >= 11 is 0. The number of hydrogen-bond acceptors (Lipinski definition) is 3. The van der Waals surface area contributed by atoms with E-state index in [1.54, 1.807) is 6.08 Å². The van der Waals surface area contributed by atoms with Crippen LogP contribution in [0.4, 0.5) is 0 Å². The Labute approximate surface area is 52.6 Å². The van der Waals surface area contributed by atoms with Gasteiger partial charge in [0.15, 0.2) is 0 Å². The summed E-state index contributed by atoms with van der Waals surface area (Å²) in [5, 5.41) is 0. The normalized spacial score (nSPS) is 25.1. The van der Waals surface area contributed by atoms with Crippen molar-refractivity contribution in [1.29, 1.82) is 0 Å². The first-order valence-electron chi connectivity index (χ1n) is 2.65. The molecule has 0 fully saturated rings. The molecule has 9 heavy (non-hydrogen) atoms. The number of rotatable bonds is 1. The molecule has 0 spiro atoms. The van der Waals surface area contributed by atoms with Crippen molar-refractivity contribution in [2.75, 3.05) is 6.54 Å². The number of amides is 1. The van der Waals surface area contributed by atoms with Crippen molar-refractivity contribution in [2.24, 2.45) is 11.7 Å². The monoisotopic (exact) mass is 128 g/mol. The van der Waals surface area contributed by atoms with Crippen molar-refractivity contribution in [2.45, 2.75) is 0 Å². The highest BCUT2D eigenvalue weighted by molar-refractivity contribution is 5.78. The lowest BCUT2D eigenvalue weighted by molar-refractivity contribution is -0.121. The number of carbonyl (C=O) groups excluding carboxylic acids is 1. The molecule has 3 N–H and O–H groups in total. The van der Waals surface area contributed by atoms with Crippen LogP contribution >= 0.6 is 0 Å². The fourth-order valence-electron chi connectivity index (χ4n) is 0.584. The van der Waals surface area contributed by atoms with Crippen LogP contribution in [-0.2, 0) is 9.63 Å². The van der Waals surface area contributed by atoms with Gasteiger partial charge in [0.1, 0.15) is 6.26 Å². The molecule has 1 atom stereocenters. The molecule has 0 aliphatic carbocycles. The highest BCUT2D eigenvalue weighted by Crippen LogP contribution is 1.99. The minimum Gasteiger partial charge on any atom is -0.417 e. The molecule has 4 nitrogen and oxygen atoms in total. The zero-order chi connectivity index (χ0) is 6.69. The Morgan fingerprint density at radius 3 is 3.00 bits per heavy atom. The van der Waals surface area contributed by atoms with E-state index in [1.165, 1.54) is 6.26 Å². The topological polar surface area (TPSA) is 64.4 Å². The molecule has 0 saturated carbocycles. The second-order valence-corrected chi connectivity index (χ2v) is 1.80. The molecule has 0 aromatic heterocycles. The molecule has 0 aromatic rings. The molecule has 1 amide bonds. The molecule has 1 heterocycles. The van der Waals surface area contributed by atoms with Gasteiger partial charge in [0, 0.05) is 6.54 Å². The lowest BCUT2D eigenvalue weighted by Crippen LogP contribution is -2.33. The largest absolute Gasteiger partial charge is 0.417 e.